The standard InChI is InChI=1S/C13H18O6/c1-7-10(15)11(16)12(17)13(18-7)19-9-4-2-8(6-14)3-5-9/h2-5,7,10-17H,6H2,1H3. The van der Waals surface area contributed by atoms with Crippen LogP contribution < -0.4 is 4.74 Å². The average molecular weight is 270 g/mol. The molecule has 19 heavy (non-hydrogen) atoms. The lowest BCUT2D eigenvalue weighted by atomic mass is 10.00. The second-order valence-electron chi connectivity index (χ2n) is 4.60. The maximum Gasteiger partial charge on any atom is 0.229 e. The van der Waals surface area contributed by atoms with Gasteiger partial charge in [0.15, 0.2) is 0 Å². The Hall–Kier alpha value is -1.18. The van der Waals surface area contributed by atoms with Crippen LogP contribution in [0.25, 0.3) is 0 Å². The predicted octanol–water partition coefficient (Wildman–Crippen LogP) is -0.615. The van der Waals surface area contributed by atoms with E-state index in [0.717, 1.165) is 5.56 Å². The summed E-state index contributed by atoms with van der Waals surface area (Å²) >= 11 is 0. The summed E-state index contributed by atoms with van der Waals surface area (Å²) in [4.78, 5) is 0. The molecule has 5 atom stereocenters. The van der Waals surface area contributed by atoms with Crippen LogP contribution in [0.3, 0.4) is 0 Å². The summed E-state index contributed by atoms with van der Waals surface area (Å²) in [6.07, 6.45) is -5.48. The molecule has 5 unspecified atom stereocenters. The fourth-order valence-electron chi connectivity index (χ4n) is 1.92. The molecule has 1 aliphatic rings. The average Bonchev–Trinajstić information content (AvgIpc) is 2.43. The van der Waals surface area contributed by atoms with Gasteiger partial charge in [0.25, 0.3) is 0 Å². The number of aliphatic hydroxyl groups is 4. The molecule has 0 bridgehead atoms. The minimum absolute atomic E-state index is 0.0647. The topological polar surface area (TPSA) is 99.4 Å². The Kier molecular flexibility index (Phi) is 4.38. The third-order valence-corrected chi connectivity index (χ3v) is 3.17. The quantitative estimate of drug-likeness (QED) is 0.584. The van der Waals surface area contributed by atoms with E-state index >= 15 is 0 Å². The molecule has 2 rings (SSSR count). The molecule has 0 radical (unpaired) electrons. The Morgan fingerprint density at radius 2 is 1.68 bits per heavy atom. The second-order valence-corrected chi connectivity index (χ2v) is 4.60. The molecule has 4 N–H and O–H groups in total. The molecule has 1 aliphatic heterocycles. The zero-order valence-electron chi connectivity index (χ0n) is 10.5. The molecule has 1 fully saturated rings. The van der Waals surface area contributed by atoms with Crippen LogP contribution >= 0.6 is 0 Å². The molecule has 6 nitrogen and oxygen atoms in total. The summed E-state index contributed by atoms with van der Waals surface area (Å²) in [5.41, 5.74) is 0.737. The molecule has 1 heterocycles. The van der Waals surface area contributed by atoms with E-state index in [1.807, 2.05) is 0 Å². The van der Waals surface area contributed by atoms with Crippen LogP contribution in [0, 0.1) is 0 Å². The molecule has 1 aromatic carbocycles. The minimum Gasteiger partial charge on any atom is -0.462 e. The highest BCUT2D eigenvalue weighted by Crippen LogP contribution is 2.24. The molecule has 6 heteroatoms. The molecule has 106 valence electrons. The summed E-state index contributed by atoms with van der Waals surface area (Å²) in [6, 6.07) is 6.62. The maximum atomic E-state index is 9.79. The van der Waals surface area contributed by atoms with Gasteiger partial charge in [-0.2, -0.15) is 0 Å². The van der Waals surface area contributed by atoms with Gasteiger partial charge in [0.1, 0.15) is 24.1 Å². The number of rotatable bonds is 3. The Bertz CT molecular complexity index is 406. The van der Waals surface area contributed by atoms with Crippen molar-refractivity contribution in [1.29, 1.82) is 0 Å². The van der Waals surface area contributed by atoms with Crippen molar-refractivity contribution in [3.8, 4) is 5.75 Å². The van der Waals surface area contributed by atoms with Gasteiger partial charge in [-0.3, -0.25) is 0 Å². The van der Waals surface area contributed by atoms with Gasteiger partial charge in [0, 0.05) is 0 Å². The van der Waals surface area contributed by atoms with Gasteiger partial charge in [-0.05, 0) is 24.6 Å². The highest BCUT2D eigenvalue weighted by molar-refractivity contribution is 5.27. The molecular weight excluding hydrogens is 252 g/mol. The molecule has 0 saturated carbocycles. The van der Waals surface area contributed by atoms with Crippen molar-refractivity contribution in [3.05, 3.63) is 29.8 Å². The van der Waals surface area contributed by atoms with E-state index < -0.39 is 30.7 Å². The summed E-state index contributed by atoms with van der Waals surface area (Å²) in [6.45, 7) is 1.52. The Morgan fingerprint density at radius 1 is 1.05 bits per heavy atom. The number of hydrogen-bond donors (Lipinski definition) is 4. The number of hydrogen-bond acceptors (Lipinski definition) is 6. The maximum absolute atomic E-state index is 9.79. The van der Waals surface area contributed by atoms with Crippen LogP contribution in [-0.4, -0.2) is 51.1 Å². The number of aliphatic hydroxyl groups excluding tert-OH is 4. The largest absolute Gasteiger partial charge is 0.462 e. The third-order valence-electron chi connectivity index (χ3n) is 3.17. The summed E-state index contributed by atoms with van der Waals surface area (Å²) in [7, 11) is 0. The van der Waals surface area contributed by atoms with Crippen LogP contribution in [0.15, 0.2) is 24.3 Å². The first-order valence-corrected chi connectivity index (χ1v) is 6.09. The lowest BCUT2D eigenvalue weighted by Crippen LogP contribution is -2.58. The molecule has 0 aromatic heterocycles. The van der Waals surface area contributed by atoms with Gasteiger partial charge in [0.05, 0.1) is 12.7 Å². The number of ether oxygens (including phenoxy) is 2. The zero-order chi connectivity index (χ0) is 14.0. The molecular formula is C13H18O6. The van der Waals surface area contributed by atoms with Crippen LogP contribution in [0.2, 0.25) is 0 Å². The SMILES string of the molecule is CC1OC(Oc2ccc(CO)cc2)C(O)C(O)C1O. The van der Waals surface area contributed by atoms with E-state index in [-0.39, 0.29) is 6.61 Å². The molecule has 1 saturated heterocycles. The minimum atomic E-state index is -1.33. The van der Waals surface area contributed by atoms with Crippen LogP contribution in [0.5, 0.6) is 5.75 Å². The summed E-state index contributed by atoms with van der Waals surface area (Å²) in [5.74, 6) is 0.442. The summed E-state index contributed by atoms with van der Waals surface area (Å²) in [5, 5.41) is 37.9. The van der Waals surface area contributed by atoms with Crippen LogP contribution in [0.1, 0.15) is 12.5 Å². The van der Waals surface area contributed by atoms with Crippen molar-refractivity contribution in [1.82, 2.24) is 0 Å². The monoisotopic (exact) mass is 270 g/mol. The lowest BCUT2D eigenvalue weighted by Gasteiger charge is -2.38. The summed E-state index contributed by atoms with van der Waals surface area (Å²) < 4.78 is 10.7. The fraction of sp³-hybridized carbons (Fsp3) is 0.538. The van der Waals surface area contributed by atoms with E-state index in [9.17, 15) is 15.3 Å². The first-order chi connectivity index (χ1) is 9.02. The van der Waals surface area contributed by atoms with Gasteiger partial charge in [-0.25, -0.2) is 0 Å². The van der Waals surface area contributed by atoms with Crippen molar-refractivity contribution in [3.63, 3.8) is 0 Å². The van der Waals surface area contributed by atoms with Crippen molar-refractivity contribution < 1.29 is 29.9 Å². The van der Waals surface area contributed by atoms with E-state index in [1.165, 1.54) is 0 Å². The molecule has 0 aliphatic carbocycles. The third kappa shape index (κ3) is 3.05. The number of benzene rings is 1. The van der Waals surface area contributed by atoms with Crippen molar-refractivity contribution in [2.75, 3.05) is 0 Å². The Morgan fingerprint density at radius 3 is 2.26 bits per heavy atom. The van der Waals surface area contributed by atoms with Crippen LogP contribution in [-0.2, 0) is 11.3 Å². The van der Waals surface area contributed by atoms with E-state index in [1.54, 1.807) is 31.2 Å². The van der Waals surface area contributed by atoms with Gasteiger partial charge in [0.2, 0.25) is 6.29 Å². The van der Waals surface area contributed by atoms with Crippen molar-refractivity contribution in [2.45, 2.75) is 44.2 Å². The van der Waals surface area contributed by atoms with Crippen molar-refractivity contribution >= 4 is 0 Å². The molecule has 0 amide bonds. The van der Waals surface area contributed by atoms with Crippen LogP contribution in [0.4, 0.5) is 0 Å². The predicted molar refractivity (Wildman–Crippen MR) is 65.3 cm³/mol. The smallest absolute Gasteiger partial charge is 0.229 e. The van der Waals surface area contributed by atoms with Gasteiger partial charge in [-0.1, -0.05) is 12.1 Å². The molecule has 0 spiro atoms. The highest BCUT2D eigenvalue weighted by atomic mass is 16.7. The highest BCUT2D eigenvalue weighted by Gasteiger charge is 2.43. The van der Waals surface area contributed by atoms with Gasteiger partial charge >= 0.3 is 0 Å². The molecule has 1 aromatic rings. The fourth-order valence-corrected chi connectivity index (χ4v) is 1.92. The van der Waals surface area contributed by atoms with E-state index in [0.29, 0.717) is 5.75 Å². The first-order valence-electron chi connectivity index (χ1n) is 6.09. The normalized spacial score (nSPS) is 35.1. The van der Waals surface area contributed by atoms with Gasteiger partial charge < -0.3 is 29.9 Å². The Labute approximate surface area is 110 Å². The van der Waals surface area contributed by atoms with Crippen molar-refractivity contribution in [2.24, 2.45) is 0 Å². The Balaban J connectivity index is 2.05. The van der Waals surface area contributed by atoms with E-state index in [2.05, 4.69) is 0 Å². The lowest BCUT2D eigenvalue weighted by molar-refractivity contribution is -0.268. The second kappa shape index (κ2) is 5.85. The van der Waals surface area contributed by atoms with Gasteiger partial charge in [-0.15, -0.1) is 0 Å². The first kappa shape index (κ1) is 14.2. The van der Waals surface area contributed by atoms with E-state index in [4.69, 9.17) is 14.6 Å². The zero-order valence-corrected chi connectivity index (χ0v) is 10.5.